The molecule has 2 amide bonds. The molecule has 1 spiro atoms. The molecular formula is C11H19N3O2. The normalized spacial score (nSPS) is 37.4. The lowest BCUT2D eigenvalue weighted by molar-refractivity contribution is -0.0885. The van der Waals surface area contributed by atoms with Gasteiger partial charge in [-0.1, -0.05) is 0 Å². The largest absolute Gasteiger partial charge is 0.358 e. The number of rotatable bonds is 0. The first kappa shape index (κ1) is 10.4. The summed E-state index contributed by atoms with van der Waals surface area (Å²) < 4.78 is 5.69. The van der Waals surface area contributed by atoms with Crippen LogP contribution in [0.4, 0.5) is 4.79 Å². The number of amides is 2. The molecule has 0 aliphatic carbocycles. The third kappa shape index (κ3) is 1.58. The summed E-state index contributed by atoms with van der Waals surface area (Å²) in [5.74, 6) is 0.432. The minimum atomic E-state index is -0.0689. The van der Waals surface area contributed by atoms with Gasteiger partial charge in [0.05, 0.1) is 5.54 Å². The van der Waals surface area contributed by atoms with E-state index in [2.05, 4.69) is 16.0 Å². The van der Waals surface area contributed by atoms with E-state index < -0.39 is 0 Å². The molecule has 3 heterocycles. The topological polar surface area (TPSA) is 62.4 Å². The van der Waals surface area contributed by atoms with Crippen LogP contribution in [0.15, 0.2) is 0 Å². The number of hydrogen-bond donors (Lipinski definition) is 3. The maximum atomic E-state index is 11.7. The first-order chi connectivity index (χ1) is 7.80. The Hall–Kier alpha value is -0.810. The van der Waals surface area contributed by atoms with Crippen molar-refractivity contribution in [2.24, 2.45) is 5.92 Å². The second-order valence-electron chi connectivity index (χ2n) is 5.04. The zero-order chi connectivity index (χ0) is 11.0. The summed E-state index contributed by atoms with van der Waals surface area (Å²) >= 11 is 0. The molecule has 3 saturated heterocycles. The minimum Gasteiger partial charge on any atom is -0.358 e. The Morgan fingerprint density at radius 3 is 2.94 bits per heavy atom. The van der Waals surface area contributed by atoms with Gasteiger partial charge in [0.2, 0.25) is 0 Å². The summed E-state index contributed by atoms with van der Waals surface area (Å²) in [7, 11) is 0. The lowest BCUT2D eigenvalue weighted by Crippen LogP contribution is -2.71. The average Bonchev–Trinajstić information content (AvgIpc) is 2.30. The molecule has 3 aliphatic rings. The van der Waals surface area contributed by atoms with Crippen molar-refractivity contribution in [1.82, 2.24) is 16.0 Å². The van der Waals surface area contributed by atoms with Gasteiger partial charge in [0.15, 0.2) is 0 Å². The Labute approximate surface area is 95.3 Å². The third-order valence-electron chi connectivity index (χ3n) is 4.16. The van der Waals surface area contributed by atoms with Crippen LogP contribution in [0.1, 0.15) is 25.7 Å². The highest BCUT2D eigenvalue weighted by molar-refractivity contribution is 5.76. The van der Waals surface area contributed by atoms with Gasteiger partial charge in [0.1, 0.15) is 6.23 Å². The Kier molecular flexibility index (Phi) is 2.52. The fourth-order valence-electron chi connectivity index (χ4n) is 3.34. The fourth-order valence-corrected chi connectivity index (χ4v) is 3.34. The van der Waals surface area contributed by atoms with Gasteiger partial charge in [0, 0.05) is 12.5 Å². The van der Waals surface area contributed by atoms with Crippen LogP contribution in [-0.4, -0.2) is 37.5 Å². The summed E-state index contributed by atoms with van der Waals surface area (Å²) in [6, 6.07) is -0.0648. The first-order valence-electron chi connectivity index (χ1n) is 6.21. The van der Waals surface area contributed by atoms with E-state index in [1.165, 1.54) is 0 Å². The molecule has 90 valence electrons. The van der Waals surface area contributed by atoms with Gasteiger partial charge < -0.3 is 20.7 Å². The molecule has 3 N–H and O–H groups in total. The molecule has 5 nitrogen and oxygen atoms in total. The maximum absolute atomic E-state index is 11.7. The van der Waals surface area contributed by atoms with Crippen LogP contribution < -0.4 is 16.0 Å². The van der Waals surface area contributed by atoms with Crippen LogP contribution in [0, 0.1) is 5.92 Å². The van der Waals surface area contributed by atoms with Crippen molar-refractivity contribution in [2.45, 2.75) is 37.5 Å². The number of fused-ring (bicyclic) bond motifs is 2. The summed E-state index contributed by atoms with van der Waals surface area (Å²) in [5.41, 5.74) is -0.0291. The molecule has 16 heavy (non-hydrogen) atoms. The van der Waals surface area contributed by atoms with Crippen molar-refractivity contribution in [3.63, 3.8) is 0 Å². The van der Waals surface area contributed by atoms with E-state index in [0.717, 1.165) is 45.4 Å². The monoisotopic (exact) mass is 225 g/mol. The van der Waals surface area contributed by atoms with E-state index in [1.54, 1.807) is 0 Å². The molecular weight excluding hydrogens is 206 g/mol. The standard InChI is InChI=1S/C11H19N3O2/c15-10-13-9-8(2-1-7-16-9)11(14-10)3-5-12-6-4-11/h8-9,12H,1-7H2,(H2,13,14,15)/t8-,9+/m1/s1. The van der Waals surface area contributed by atoms with E-state index in [4.69, 9.17) is 4.74 Å². The lowest BCUT2D eigenvalue weighted by atomic mass is 9.72. The van der Waals surface area contributed by atoms with Crippen LogP contribution >= 0.6 is 0 Å². The van der Waals surface area contributed by atoms with E-state index in [1.807, 2.05) is 0 Å². The third-order valence-corrected chi connectivity index (χ3v) is 4.16. The number of carbonyl (C=O) groups excluding carboxylic acids is 1. The molecule has 0 aromatic carbocycles. The summed E-state index contributed by atoms with van der Waals surface area (Å²) in [4.78, 5) is 11.7. The molecule has 0 aromatic heterocycles. The Morgan fingerprint density at radius 1 is 1.31 bits per heavy atom. The van der Waals surface area contributed by atoms with Crippen LogP contribution in [0.3, 0.4) is 0 Å². The predicted octanol–water partition coefficient (Wildman–Crippen LogP) is 0.174. The molecule has 0 unspecified atom stereocenters. The molecule has 2 atom stereocenters. The van der Waals surface area contributed by atoms with Gasteiger partial charge >= 0.3 is 6.03 Å². The molecule has 5 heteroatoms. The Balaban J connectivity index is 1.85. The SMILES string of the molecule is O=C1N[C@H]2OCCC[C@H]2C2(CCNCC2)N1. The van der Waals surface area contributed by atoms with Gasteiger partial charge in [0.25, 0.3) is 0 Å². The van der Waals surface area contributed by atoms with Crippen LogP contribution in [-0.2, 0) is 4.74 Å². The van der Waals surface area contributed by atoms with Gasteiger partial charge in [-0.2, -0.15) is 0 Å². The van der Waals surface area contributed by atoms with Crippen molar-refractivity contribution in [1.29, 1.82) is 0 Å². The van der Waals surface area contributed by atoms with Crippen molar-refractivity contribution in [3.8, 4) is 0 Å². The quantitative estimate of drug-likeness (QED) is 0.551. The molecule has 0 aromatic rings. The van der Waals surface area contributed by atoms with E-state index in [9.17, 15) is 4.79 Å². The predicted molar refractivity (Wildman–Crippen MR) is 59.0 cm³/mol. The first-order valence-corrected chi connectivity index (χ1v) is 6.21. The minimum absolute atomic E-state index is 0.0291. The molecule has 3 rings (SSSR count). The van der Waals surface area contributed by atoms with Crippen LogP contribution in [0.2, 0.25) is 0 Å². The second kappa shape index (κ2) is 3.89. The zero-order valence-electron chi connectivity index (χ0n) is 9.42. The molecule has 3 fully saturated rings. The van der Waals surface area contributed by atoms with Crippen LogP contribution in [0.25, 0.3) is 0 Å². The Bertz CT molecular complexity index is 289. The zero-order valence-corrected chi connectivity index (χ0v) is 9.42. The summed E-state index contributed by atoms with van der Waals surface area (Å²) in [6.45, 7) is 2.75. The molecule has 0 bridgehead atoms. The summed E-state index contributed by atoms with van der Waals surface area (Å²) in [6.07, 6.45) is 4.22. The van der Waals surface area contributed by atoms with Gasteiger partial charge in [-0.25, -0.2) is 4.79 Å². The highest BCUT2D eigenvalue weighted by Gasteiger charge is 2.49. The van der Waals surface area contributed by atoms with E-state index in [0.29, 0.717) is 5.92 Å². The highest BCUT2D eigenvalue weighted by atomic mass is 16.5. The van der Waals surface area contributed by atoms with Crippen molar-refractivity contribution in [2.75, 3.05) is 19.7 Å². The van der Waals surface area contributed by atoms with Crippen LogP contribution in [0.5, 0.6) is 0 Å². The number of piperidine rings is 1. The number of carbonyl (C=O) groups is 1. The Morgan fingerprint density at radius 2 is 2.12 bits per heavy atom. The van der Waals surface area contributed by atoms with E-state index in [-0.39, 0.29) is 17.8 Å². The molecule has 3 aliphatic heterocycles. The smallest absolute Gasteiger partial charge is 0.317 e. The summed E-state index contributed by atoms with van der Waals surface area (Å²) in [5, 5.41) is 9.41. The van der Waals surface area contributed by atoms with Crippen molar-refractivity contribution < 1.29 is 9.53 Å². The van der Waals surface area contributed by atoms with E-state index >= 15 is 0 Å². The number of nitrogens with one attached hydrogen (secondary N) is 3. The number of ether oxygens (including phenoxy) is 1. The number of urea groups is 1. The maximum Gasteiger partial charge on any atom is 0.317 e. The van der Waals surface area contributed by atoms with Gasteiger partial charge in [-0.05, 0) is 38.8 Å². The average molecular weight is 225 g/mol. The highest BCUT2D eigenvalue weighted by Crippen LogP contribution is 2.37. The van der Waals surface area contributed by atoms with Gasteiger partial charge in [-0.15, -0.1) is 0 Å². The van der Waals surface area contributed by atoms with Crippen molar-refractivity contribution in [3.05, 3.63) is 0 Å². The number of hydrogen-bond acceptors (Lipinski definition) is 3. The molecule has 0 saturated carbocycles. The lowest BCUT2D eigenvalue weighted by Gasteiger charge is -2.52. The fraction of sp³-hybridized carbons (Fsp3) is 0.909. The van der Waals surface area contributed by atoms with Gasteiger partial charge in [-0.3, -0.25) is 0 Å². The van der Waals surface area contributed by atoms with Crippen molar-refractivity contribution >= 4 is 6.03 Å². The molecule has 0 radical (unpaired) electrons. The second-order valence-corrected chi connectivity index (χ2v) is 5.04.